The lowest BCUT2D eigenvalue weighted by atomic mass is 10.2. The summed E-state index contributed by atoms with van der Waals surface area (Å²) in [5, 5.41) is 10.8. The normalized spacial score (nSPS) is 12.4. The molecule has 0 fully saturated rings. The second kappa shape index (κ2) is 7.78. The lowest BCUT2D eigenvalue weighted by molar-refractivity contribution is -0.145. The van der Waals surface area contributed by atoms with Gasteiger partial charge in [-0.1, -0.05) is 12.1 Å². The number of rotatable bonds is 8. The van der Waals surface area contributed by atoms with Gasteiger partial charge >= 0.3 is 5.97 Å². The van der Waals surface area contributed by atoms with Crippen molar-refractivity contribution in [3.05, 3.63) is 12.4 Å². The van der Waals surface area contributed by atoms with E-state index >= 15 is 0 Å². The first-order valence-corrected chi connectivity index (χ1v) is 6.02. The smallest absolute Gasteiger partial charge is 0.323 e. The topological polar surface area (TPSA) is 69.0 Å². The standard InChI is InChI=1S/C11H20N4O2/c1-3-10(11(16)17-4-2)12-6-5-8-15-9-7-13-14-15/h7,9-10,12H,3-6,8H2,1-2H3. The molecule has 17 heavy (non-hydrogen) atoms. The Morgan fingerprint density at radius 3 is 2.94 bits per heavy atom. The largest absolute Gasteiger partial charge is 0.465 e. The van der Waals surface area contributed by atoms with Crippen LogP contribution in [0.5, 0.6) is 0 Å². The number of esters is 1. The molecule has 0 spiro atoms. The third-order valence-electron chi connectivity index (χ3n) is 2.41. The van der Waals surface area contributed by atoms with E-state index in [-0.39, 0.29) is 12.0 Å². The minimum atomic E-state index is -0.203. The summed E-state index contributed by atoms with van der Waals surface area (Å²) >= 11 is 0. The van der Waals surface area contributed by atoms with Gasteiger partial charge in [0.05, 0.1) is 12.8 Å². The Morgan fingerprint density at radius 2 is 2.35 bits per heavy atom. The van der Waals surface area contributed by atoms with Gasteiger partial charge in [0.15, 0.2) is 0 Å². The number of nitrogens with one attached hydrogen (secondary N) is 1. The number of hydrogen-bond acceptors (Lipinski definition) is 5. The first kappa shape index (κ1) is 13.6. The molecule has 0 amide bonds. The average molecular weight is 240 g/mol. The van der Waals surface area contributed by atoms with E-state index in [1.165, 1.54) is 0 Å². The monoisotopic (exact) mass is 240 g/mol. The number of nitrogens with zero attached hydrogens (tertiary/aromatic N) is 3. The summed E-state index contributed by atoms with van der Waals surface area (Å²) in [6.07, 6.45) is 5.12. The van der Waals surface area contributed by atoms with Crippen molar-refractivity contribution in [2.75, 3.05) is 13.2 Å². The summed E-state index contributed by atoms with van der Waals surface area (Å²) < 4.78 is 6.74. The quantitative estimate of drug-likeness (QED) is 0.532. The van der Waals surface area contributed by atoms with Gasteiger partial charge in [0.1, 0.15) is 6.04 Å². The van der Waals surface area contributed by atoms with E-state index in [9.17, 15) is 4.79 Å². The van der Waals surface area contributed by atoms with E-state index in [0.29, 0.717) is 6.61 Å². The maximum absolute atomic E-state index is 11.5. The lowest BCUT2D eigenvalue weighted by Crippen LogP contribution is -2.38. The van der Waals surface area contributed by atoms with Gasteiger partial charge in [-0.2, -0.15) is 0 Å². The third-order valence-corrected chi connectivity index (χ3v) is 2.41. The second-order valence-corrected chi connectivity index (χ2v) is 3.69. The van der Waals surface area contributed by atoms with Crippen LogP contribution in [0.15, 0.2) is 12.4 Å². The van der Waals surface area contributed by atoms with Gasteiger partial charge in [0.2, 0.25) is 0 Å². The molecule has 0 aromatic carbocycles. The fourth-order valence-corrected chi connectivity index (χ4v) is 1.51. The summed E-state index contributed by atoms with van der Waals surface area (Å²) in [6, 6.07) is -0.203. The first-order chi connectivity index (χ1) is 8.27. The minimum Gasteiger partial charge on any atom is -0.465 e. The van der Waals surface area contributed by atoms with E-state index in [1.54, 1.807) is 10.9 Å². The van der Waals surface area contributed by atoms with Gasteiger partial charge < -0.3 is 10.1 Å². The van der Waals surface area contributed by atoms with Crippen LogP contribution in [0.2, 0.25) is 0 Å². The van der Waals surface area contributed by atoms with Gasteiger partial charge in [0, 0.05) is 12.7 Å². The Morgan fingerprint density at radius 1 is 1.53 bits per heavy atom. The number of aryl methyl sites for hydroxylation is 1. The molecule has 1 unspecified atom stereocenters. The zero-order valence-corrected chi connectivity index (χ0v) is 10.4. The molecule has 0 aliphatic rings. The van der Waals surface area contributed by atoms with Gasteiger partial charge in [-0.05, 0) is 26.3 Å². The van der Waals surface area contributed by atoms with Crippen LogP contribution in [0, 0.1) is 0 Å². The van der Waals surface area contributed by atoms with Crippen LogP contribution in [0.3, 0.4) is 0 Å². The fourth-order valence-electron chi connectivity index (χ4n) is 1.51. The van der Waals surface area contributed by atoms with Crippen LogP contribution in [-0.2, 0) is 16.1 Å². The van der Waals surface area contributed by atoms with E-state index in [1.807, 2.05) is 20.0 Å². The van der Waals surface area contributed by atoms with Gasteiger partial charge in [-0.3, -0.25) is 9.48 Å². The van der Waals surface area contributed by atoms with Crippen LogP contribution in [0.1, 0.15) is 26.7 Å². The molecule has 1 rings (SSSR count). The van der Waals surface area contributed by atoms with E-state index in [0.717, 1.165) is 25.9 Å². The number of carbonyl (C=O) groups excluding carboxylic acids is 1. The molecule has 96 valence electrons. The van der Waals surface area contributed by atoms with Crippen molar-refractivity contribution in [1.82, 2.24) is 20.3 Å². The molecule has 1 aromatic rings. The van der Waals surface area contributed by atoms with Crippen molar-refractivity contribution in [2.24, 2.45) is 0 Å². The predicted molar refractivity (Wildman–Crippen MR) is 63.4 cm³/mol. The minimum absolute atomic E-state index is 0.171. The predicted octanol–water partition coefficient (Wildman–Crippen LogP) is 0.599. The SMILES string of the molecule is CCOC(=O)C(CC)NCCCn1ccnn1. The summed E-state index contributed by atoms with van der Waals surface area (Å²) in [5.41, 5.74) is 0. The molecule has 0 radical (unpaired) electrons. The second-order valence-electron chi connectivity index (χ2n) is 3.69. The fraction of sp³-hybridized carbons (Fsp3) is 0.727. The molecule has 0 aliphatic carbocycles. The zero-order chi connectivity index (χ0) is 12.5. The molecular weight excluding hydrogens is 220 g/mol. The van der Waals surface area contributed by atoms with Gasteiger partial charge in [-0.25, -0.2) is 0 Å². The van der Waals surface area contributed by atoms with Crippen molar-refractivity contribution < 1.29 is 9.53 Å². The summed E-state index contributed by atoms with van der Waals surface area (Å²) in [7, 11) is 0. The van der Waals surface area contributed by atoms with E-state index < -0.39 is 0 Å². The number of ether oxygens (including phenoxy) is 1. The highest BCUT2D eigenvalue weighted by Gasteiger charge is 2.15. The Balaban J connectivity index is 2.17. The van der Waals surface area contributed by atoms with Crippen molar-refractivity contribution in [3.63, 3.8) is 0 Å². The number of carbonyl (C=O) groups is 1. The zero-order valence-electron chi connectivity index (χ0n) is 10.4. The highest BCUT2D eigenvalue weighted by Crippen LogP contribution is 1.96. The van der Waals surface area contributed by atoms with Crippen molar-refractivity contribution in [1.29, 1.82) is 0 Å². The van der Waals surface area contributed by atoms with Crippen molar-refractivity contribution in [2.45, 2.75) is 39.3 Å². The molecule has 1 N–H and O–H groups in total. The van der Waals surface area contributed by atoms with Crippen LogP contribution in [0.4, 0.5) is 0 Å². The number of aromatic nitrogens is 3. The van der Waals surface area contributed by atoms with Crippen LogP contribution in [-0.4, -0.2) is 40.2 Å². The maximum atomic E-state index is 11.5. The number of hydrogen-bond donors (Lipinski definition) is 1. The molecule has 0 saturated heterocycles. The van der Waals surface area contributed by atoms with Crippen LogP contribution >= 0.6 is 0 Å². The summed E-state index contributed by atoms with van der Waals surface area (Å²) in [5.74, 6) is -0.171. The molecule has 0 saturated carbocycles. The molecule has 1 aromatic heterocycles. The summed E-state index contributed by atoms with van der Waals surface area (Å²) in [6.45, 7) is 5.76. The van der Waals surface area contributed by atoms with Crippen molar-refractivity contribution in [3.8, 4) is 0 Å². The third kappa shape index (κ3) is 4.95. The molecule has 1 heterocycles. The maximum Gasteiger partial charge on any atom is 0.323 e. The molecular formula is C11H20N4O2. The Bertz CT molecular complexity index is 313. The molecule has 1 atom stereocenters. The highest BCUT2D eigenvalue weighted by molar-refractivity contribution is 5.75. The Kier molecular flexibility index (Phi) is 6.24. The highest BCUT2D eigenvalue weighted by atomic mass is 16.5. The average Bonchev–Trinajstić information content (AvgIpc) is 2.82. The molecule has 6 nitrogen and oxygen atoms in total. The van der Waals surface area contributed by atoms with E-state index in [2.05, 4.69) is 15.6 Å². The van der Waals surface area contributed by atoms with Gasteiger partial charge in [0.25, 0.3) is 0 Å². The Labute approximate surface area is 101 Å². The van der Waals surface area contributed by atoms with Crippen LogP contribution < -0.4 is 5.32 Å². The van der Waals surface area contributed by atoms with Crippen LogP contribution in [0.25, 0.3) is 0 Å². The van der Waals surface area contributed by atoms with Crippen molar-refractivity contribution >= 4 is 5.97 Å². The van der Waals surface area contributed by atoms with Gasteiger partial charge in [-0.15, -0.1) is 5.10 Å². The van der Waals surface area contributed by atoms with E-state index in [4.69, 9.17) is 4.74 Å². The lowest BCUT2D eigenvalue weighted by Gasteiger charge is -2.15. The first-order valence-electron chi connectivity index (χ1n) is 6.02. The molecule has 6 heteroatoms. The molecule has 0 bridgehead atoms. The molecule has 0 aliphatic heterocycles. The summed E-state index contributed by atoms with van der Waals surface area (Å²) in [4.78, 5) is 11.5. The Hall–Kier alpha value is -1.43.